The molecule has 3 aliphatic rings. The maximum Gasteiger partial charge on any atom is 0.354 e. The molecule has 3 aliphatic heterocycles. The SMILES string of the molecule is CCN1C(=O)c2ccccc2N2C(=O)CC[C@]12C(=O)OCC(=O)N1CCCCC1. The molecule has 0 spiro atoms. The zero-order valence-electron chi connectivity index (χ0n) is 16.6. The van der Waals surface area contributed by atoms with Crippen LogP contribution in [0.3, 0.4) is 0 Å². The van der Waals surface area contributed by atoms with Gasteiger partial charge in [-0.25, -0.2) is 4.79 Å². The van der Waals surface area contributed by atoms with Gasteiger partial charge in [-0.3, -0.25) is 19.3 Å². The molecule has 0 N–H and O–H groups in total. The van der Waals surface area contributed by atoms with E-state index in [1.807, 2.05) is 0 Å². The minimum Gasteiger partial charge on any atom is -0.452 e. The number of carbonyl (C=O) groups is 4. The van der Waals surface area contributed by atoms with Gasteiger partial charge in [0.05, 0.1) is 11.3 Å². The molecular formula is C21H25N3O5. The van der Waals surface area contributed by atoms with E-state index in [1.165, 1.54) is 9.80 Å². The largest absolute Gasteiger partial charge is 0.452 e. The molecule has 3 heterocycles. The molecule has 29 heavy (non-hydrogen) atoms. The first-order valence-corrected chi connectivity index (χ1v) is 10.2. The summed E-state index contributed by atoms with van der Waals surface area (Å²) in [5, 5.41) is 0. The number of likely N-dealkylation sites (N-methyl/N-ethyl adjacent to an activating group) is 1. The summed E-state index contributed by atoms with van der Waals surface area (Å²) in [7, 11) is 0. The average Bonchev–Trinajstić information content (AvgIpc) is 3.11. The number of benzene rings is 1. The first kappa shape index (κ1) is 19.4. The lowest BCUT2D eigenvalue weighted by atomic mass is 9.96. The summed E-state index contributed by atoms with van der Waals surface area (Å²) in [5.74, 6) is -1.51. The van der Waals surface area contributed by atoms with E-state index < -0.39 is 11.6 Å². The number of likely N-dealkylation sites (tertiary alicyclic amines) is 1. The zero-order chi connectivity index (χ0) is 20.6. The van der Waals surface area contributed by atoms with Crippen molar-refractivity contribution in [2.24, 2.45) is 0 Å². The molecule has 1 aromatic carbocycles. The van der Waals surface area contributed by atoms with E-state index in [-0.39, 0.29) is 43.7 Å². The summed E-state index contributed by atoms with van der Waals surface area (Å²) in [6, 6.07) is 6.79. The van der Waals surface area contributed by atoms with E-state index >= 15 is 0 Å². The summed E-state index contributed by atoms with van der Waals surface area (Å²) >= 11 is 0. The van der Waals surface area contributed by atoms with Crippen LogP contribution in [-0.2, 0) is 19.1 Å². The van der Waals surface area contributed by atoms with Gasteiger partial charge in [-0.2, -0.15) is 0 Å². The second-order valence-corrected chi connectivity index (χ2v) is 7.63. The number of hydrogen-bond donors (Lipinski definition) is 0. The molecule has 1 atom stereocenters. The van der Waals surface area contributed by atoms with Crippen molar-refractivity contribution in [2.75, 3.05) is 31.1 Å². The summed E-state index contributed by atoms with van der Waals surface area (Å²) in [6.45, 7) is 2.96. The molecule has 0 aliphatic carbocycles. The molecule has 0 saturated carbocycles. The van der Waals surface area contributed by atoms with Gasteiger partial charge in [0.25, 0.3) is 11.8 Å². The molecule has 8 heteroatoms. The lowest BCUT2D eigenvalue weighted by molar-refractivity contribution is -0.162. The number of anilines is 1. The highest BCUT2D eigenvalue weighted by molar-refractivity contribution is 6.15. The van der Waals surface area contributed by atoms with Gasteiger partial charge < -0.3 is 14.5 Å². The smallest absolute Gasteiger partial charge is 0.354 e. The number of carbonyl (C=O) groups excluding carboxylic acids is 4. The zero-order valence-corrected chi connectivity index (χ0v) is 16.6. The molecule has 2 saturated heterocycles. The van der Waals surface area contributed by atoms with Crippen LogP contribution in [0.5, 0.6) is 0 Å². The Labute approximate surface area is 169 Å². The number of amides is 3. The predicted octanol–water partition coefficient (Wildman–Crippen LogP) is 1.54. The van der Waals surface area contributed by atoms with Gasteiger partial charge in [-0.05, 0) is 38.3 Å². The number of para-hydroxylation sites is 1. The van der Waals surface area contributed by atoms with Crippen LogP contribution in [0.1, 0.15) is 49.4 Å². The van der Waals surface area contributed by atoms with Crippen molar-refractivity contribution < 1.29 is 23.9 Å². The van der Waals surface area contributed by atoms with Gasteiger partial charge in [-0.1, -0.05) is 12.1 Å². The third kappa shape index (κ3) is 2.97. The minimum absolute atomic E-state index is 0.132. The van der Waals surface area contributed by atoms with Crippen LogP contribution in [0.4, 0.5) is 5.69 Å². The van der Waals surface area contributed by atoms with Crippen molar-refractivity contribution in [1.82, 2.24) is 9.80 Å². The minimum atomic E-state index is -1.53. The normalized spacial score (nSPS) is 23.7. The van der Waals surface area contributed by atoms with E-state index in [0.29, 0.717) is 24.3 Å². The fourth-order valence-electron chi connectivity index (χ4n) is 4.65. The highest BCUT2D eigenvalue weighted by Gasteiger charge is 2.61. The number of hydrogen-bond acceptors (Lipinski definition) is 5. The van der Waals surface area contributed by atoms with Gasteiger partial charge in [0.15, 0.2) is 6.61 Å². The first-order valence-electron chi connectivity index (χ1n) is 10.2. The fraction of sp³-hybridized carbons (Fsp3) is 0.524. The van der Waals surface area contributed by atoms with E-state index in [9.17, 15) is 19.2 Å². The second kappa shape index (κ2) is 7.50. The average molecular weight is 399 g/mol. The summed E-state index contributed by atoms with van der Waals surface area (Å²) in [5.41, 5.74) is -0.721. The molecule has 0 bridgehead atoms. The molecular weight excluding hydrogens is 374 g/mol. The van der Waals surface area contributed by atoms with Gasteiger partial charge in [-0.15, -0.1) is 0 Å². The van der Waals surface area contributed by atoms with Crippen molar-refractivity contribution in [3.8, 4) is 0 Å². The quantitative estimate of drug-likeness (QED) is 0.717. The summed E-state index contributed by atoms with van der Waals surface area (Å²) in [6.07, 6.45) is 3.27. The Hall–Kier alpha value is -2.90. The van der Waals surface area contributed by atoms with Crippen LogP contribution in [0, 0.1) is 0 Å². The Balaban J connectivity index is 1.63. The van der Waals surface area contributed by atoms with Crippen molar-refractivity contribution in [2.45, 2.75) is 44.7 Å². The van der Waals surface area contributed by atoms with Crippen molar-refractivity contribution in [1.29, 1.82) is 0 Å². The van der Waals surface area contributed by atoms with Crippen molar-refractivity contribution in [3.05, 3.63) is 29.8 Å². The van der Waals surface area contributed by atoms with Crippen LogP contribution in [0.2, 0.25) is 0 Å². The number of ether oxygens (including phenoxy) is 1. The van der Waals surface area contributed by atoms with Crippen LogP contribution >= 0.6 is 0 Å². The molecule has 0 aromatic heterocycles. The summed E-state index contributed by atoms with van der Waals surface area (Å²) in [4.78, 5) is 56.0. The van der Waals surface area contributed by atoms with Gasteiger partial charge in [0, 0.05) is 32.5 Å². The molecule has 0 unspecified atom stereocenters. The third-order valence-corrected chi connectivity index (χ3v) is 6.05. The van der Waals surface area contributed by atoms with Crippen LogP contribution in [0.15, 0.2) is 24.3 Å². The molecule has 3 amide bonds. The van der Waals surface area contributed by atoms with Crippen molar-refractivity contribution in [3.63, 3.8) is 0 Å². The molecule has 0 radical (unpaired) electrons. The summed E-state index contributed by atoms with van der Waals surface area (Å²) < 4.78 is 5.43. The number of esters is 1. The Morgan fingerprint density at radius 3 is 2.55 bits per heavy atom. The van der Waals surface area contributed by atoms with E-state index in [0.717, 1.165) is 19.3 Å². The van der Waals surface area contributed by atoms with Crippen LogP contribution in [-0.4, -0.2) is 65.4 Å². The van der Waals surface area contributed by atoms with Crippen molar-refractivity contribution >= 4 is 29.4 Å². The maximum absolute atomic E-state index is 13.3. The number of rotatable bonds is 4. The number of fused-ring (bicyclic) bond motifs is 3. The molecule has 8 nitrogen and oxygen atoms in total. The van der Waals surface area contributed by atoms with E-state index in [2.05, 4.69) is 0 Å². The highest BCUT2D eigenvalue weighted by atomic mass is 16.5. The van der Waals surface area contributed by atoms with Gasteiger partial charge in [0.1, 0.15) is 0 Å². The van der Waals surface area contributed by atoms with Crippen LogP contribution < -0.4 is 4.90 Å². The monoisotopic (exact) mass is 399 g/mol. The highest BCUT2D eigenvalue weighted by Crippen LogP contribution is 2.44. The topological polar surface area (TPSA) is 87.2 Å². The predicted molar refractivity (Wildman–Crippen MR) is 104 cm³/mol. The molecule has 1 aromatic rings. The Morgan fingerprint density at radius 1 is 1.10 bits per heavy atom. The first-order chi connectivity index (χ1) is 14.0. The number of piperidine rings is 1. The molecule has 4 rings (SSSR count). The third-order valence-electron chi connectivity index (χ3n) is 6.05. The Kier molecular flexibility index (Phi) is 5.02. The lowest BCUT2D eigenvalue weighted by Gasteiger charge is -2.48. The second-order valence-electron chi connectivity index (χ2n) is 7.63. The maximum atomic E-state index is 13.3. The Morgan fingerprint density at radius 2 is 1.83 bits per heavy atom. The van der Waals surface area contributed by atoms with Gasteiger partial charge >= 0.3 is 5.97 Å². The molecule has 154 valence electrons. The Bertz CT molecular complexity index is 864. The van der Waals surface area contributed by atoms with E-state index in [1.54, 1.807) is 36.1 Å². The lowest BCUT2D eigenvalue weighted by Crippen LogP contribution is -2.68. The van der Waals surface area contributed by atoms with E-state index in [4.69, 9.17) is 4.74 Å². The fourth-order valence-corrected chi connectivity index (χ4v) is 4.65. The van der Waals surface area contributed by atoms with Gasteiger partial charge in [0.2, 0.25) is 11.6 Å². The number of nitrogens with zero attached hydrogens (tertiary/aromatic N) is 3. The van der Waals surface area contributed by atoms with Crippen LogP contribution in [0.25, 0.3) is 0 Å². The molecule has 2 fully saturated rings. The standard InChI is InChI=1S/C21H25N3O5/c1-2-23-19(27)15-8-4-5-9-16(15)24-17(25)10-11-21(23,24)20(28)29-14-18(26)22-12-6-3-7-13-22/h4-5,8-9H,2-3,6-7,10-14H2,1H3/t21-/m0/s1.